The number of carbonyl (C=O) groups excluding carboxylic acids is 1. The van der Waals surface area contributed by atoms with E-state index in [1.807, 2.05) is 0 Å². The normalized spacial score (nSPS) is 10.2. The largest absolute Gasteiger partial charge is 0.478 e. The van der Waals surface area contributed by atoms with Gasteiger partial charge in [-0.2, -0.15) is 0 Å². The van der Waals surface area contributed by atoms with Crippen molar-refractivity contribution in [3.05, 3.63) is 36.5 Å². The summed E-state index contributed by atoms with van der Waals surface area (Å²) in [6.45, 7) is 8.84. The Balaban J connectivity index is -0.000000306. The van der Waals surface area contributed by atoms with Crippen molar-refractivity contribution in [2.45, 2.75) is 20.0 Å². The second-order valence-corrected chi connectivity index (χ2v) is 4.31. The third-order valence-electron chi connectivity index (χ3n) is 1.70. The molecule has 10 heteroatoms. The first-order valence-electron chi connectivity index (χ1n) is 6.49. The summed E-state index contributed by atoms with van der Waals surface area (Å²) in [5.41, 5.74) is 0.449. The highest BCUT2D eigenvalue weighted by Crippen LogP contribution is 1.93. The fraction of sp³-hybridized carbons (Fsp3) is 0.333. The standard InChI is InChI=1S/C7H12O4.C4H4O4.C4H6O2/c1-5(2)7(10)11-4-6(9)3-8;5-3(6)1-2-4(7)8;1-3(2)4(5)6/h6,8-9H,1,3-4H2,2H3;1-2H,(H,5,6)(H,7,8);1H2,2H3,(H,5,6). The van der Waals surface area contributed by atoms with Gasteiger partial charge < -0.3 is 30.3 Å². The summed E-state index contributed by atoms with van der Waals surface area (Å²) in [7, 11) is 0. The molecular weight excluding hydrogens is 340 g/mol. The maximum absolute atomic E-state index is 10.6. The zero-order valence-electron chi connectivity index (χ0n) is 13.8. The van der Waals surface area contributed by atoms with Crippen LogP contribution in [0.5, 0.6) is 0 Å². The second kappa shape index (κ2) is 15.9. The van der Waals surface area contributed by atoms with Gasteiger partial charge in [-0.05, 0) is 13.8 Å². The van der Waals surface area contributed by atoms with Gasteiger partial charge in [0.25, 0.3) is 0 Å². The Kier molecular flexibility index (Phi) is 17.1. The van der Waals surface area contributed by atoms with Crippen LogP contribution < -0.4 is 0 Å². The van der Waals surface area contributed by atoms with Crippen LogP contribution in [0.25, 0.3) is 0 Å². The number of carboxylic acid groups (broad SMARTS) is 3. The molecule has 0 spiro atoms. The Morgan fingerprint density at radius 1 is 0.960 bits per heavy atom. The number of hydrogen-bond acceptors (Lipinski definition) is 7. The minimum absolute atomic E-state index is 0.176. The fourth-order valence-corrected chi connectivity index (χ4v) is 0.490. The highest BCUT2D eigenvalue weighted by atomic mass is 16.5. The zero-order chi connectivity index (χ0) is 20.6. The van der Waals surface area contributed by atoms with Gasteiger partial charge in [0.15, 0.2) is 0 Å². The fourth-order valence-electron chi connectivity index (χ4n) is 0.490. The number of ether oxygens (including phenoxy) is 1. The molecule has 0 aromatic rings. The molecule has 0 amide bonds. The van der Waals surface area contributed by atoms with Crippen LogP contribution in [0.2, 0.25) is 0 Å². The maximum atomic E-state index is 10.6. The number of aliphatic hydroxyl groups is 2. The highest BCUT2D eigenvalue weighted by molar-refractivity contribution is 5.89. The molecule has 0 radical (unpaired) electrons. The molecule has 0 aromatic heterocycles. The van der Waals surface area contributed by atoms with Crippen molar-refractivity contribution in [1.29, 1.82) is 0 Å². The van der Waals surface area contributed by atoms with E-state index in [4.69, 9.17) is 25.5 Å². The molecular formula is C15H22O10. The first kappa shape index (κ1) is 26.9. The van der Waals surface area contributed by atoms with Crippen LogP contribution in [0, 0.1) is 0 Å². The molecule has 142 valence electrons. The summed E-state index contributed by atoms with van der Waals surface area (Å²) in [6, 6.07) is 0. The Labute approximate surface area is 144 Å². The number of aliphatic hydroxyl groups excluding tert-OH is 2. The van der Waals surface area contributed by atoms with Crippen molar-refractivity contribution in [2.75, 3.05) is 13.2 Å². The van der Waals surface area contributed by atoms with Gasteiger partial charge in [-0.1, -0.05) is 13.2 Å². The van der Waals surface area contributed by atoms with Crippen LogP contribution in [0.15, 0.2) is 36.5 Å². The van der Waals surface area contributed by atoms with Gasteiger partial charge in [0, 0.05) is 23.3 Å². The summed E-state index contributed by atoms with van der Waals surface area (Å²) in [5, 5.41) is 40.6. The molecule has 0 aliphatic heterocycles. The lowest BCUT2D eigenvalue weighted by atomic mass is 10.3. The molecule has 1 atom stereocenters. The van der Waals surface area contributed by atoms with E-state index in [1.54, 1.807) is 0 Å². The lowest BCUT2D eigenvalue weighted by molar-refractivity contribution is -0.142. The third kappa shape index (κ3) is 26.3. The van der Waals surface area contributed by atoms with Crippen molar-refractivity contribution in [1.82, 2.24) is 0 Å². The van der Waals surface area contributed by atoms with Crippen LogP contribution in [-0.4, -0.2) is 68.7 Å². The van der Waals surface area contributed by atoms with Crippen LogP contribution in [0.4, 0.5) is 0 Å². The van der Waals surface area contributed by atoms with Gasteiger partial charge in [0.1, 0.15) is 12.7 Å². The van der Waals surface area contributed by atoms with Crippen molar-refractivity contribution in [3.63, 3.8) is 0 Å². The molecule has 0 aliphatic rings. The van der Waals surface area contributed by atoms with Crippen molar-refractivity contribution < 1.29 is 49.4 Å². The predicted octanol–water partition coefficient (Wildman–Crippen LogP) is -0.182. The van der Waals surface area contributed by atoms with Crippen LogP contribution in [0.1, 0.15) is 13.8 Å². The molecule has 0 aromatic carbocycles. The van der Waals surface area contributed by atoms with Gasteiger partial charge in [-0.3, -0.25) is 0 Å². The number of rotatable bonds is 7. The van der Waals surface area contributed by atoms with Crippen LogP contribution in [-0.2, 0) is 23.9 Å². The second-order valence-electron chi connectivity index (χ2n) is 4.31. The molecule has 10 nitrogen and oxygen atoms in total. The number of hydrogen-bond donors (Lipinski definition) is 5. The molecule has 0 saturated carbocycles. The predicted molar refractivity (Wildman–Crippen MR) is 85.7 cm³/mol. The molecule has 0 heterocycles. The van der Waals surface area contributed by atoms with Crippen molar-refractivity contribution in [2.24, 2.45) is 0 Å². The first-order valence-corrected chi connectivity index (χ1v) is 6.49. The summed E-state index contributed by atoms with van der Waals surface area (Å²) in [4.78, 5) is 39.4. The van der Waals surface area contributed by atoms with Gasteiger partial charge >= 0.3 is 23.9 Å². The van der Waals surface area contributed by atoms with Gasteiger partial charge in [-0.15, -0.1) is 0 Å². The summed E-state index contributed by atoms with van der Waals surface area (Å²) in [5.74, 6) is -4.01. The van der Waals surface area contributed by atoms with E-state index < -0.39 is 36.6 Å². The minimum Gasteiger partial charge on any atom is -0.478 e. The molecule has 1 unspecified atom stereocenters. The van der Waals surface area contributed by atoms with Crippen molar-refractivity contribution >= 4 is 23.9 Å². The Bertz CT molecular complexity index is 490. The molecule has 0 bridgehead atoms. The van der Waals surface area contributed by atoms with E-state index in [2.05, 4.69) is 17.9 Å². The van der Waals surface area contributed by atoms with Crippen LogP contribution in [0.3, 0.4) is 0 Å². The van der Waals surface area contributed by atoms with E-state index in [0.29, 0.717) is 12.2 Å². The number of esters is 1. The quantitative estimate of drug-likeness (QED) is 0.301. The summed E-state index contributed by atoms with van der Waals surface area (Å²) in [6.07, 6.45) is 0.114. The maximum Gasteiger partial charge on any atom is 0.333 e. The molecule has 0 rings (SSSR count). The van der Waals surface area contributed by atoms with E-state index in [-0.39, 0.29) is 17.8 Å². The van der Waals surface area contributed by atoms with E-state index in [0.717, 1.165) is 0 Å². The molecule has 0 saturated heterocycles. The van der Waals surface area contributed by atoms with Crippen molar-refractivity contribution in [3.8, 4) is 0 Å². The number of carboxylic acids is 3. The van der Waals surface area contributed by atoms with Gasteiger partial charge in [-0.25, -0.2) is 19.2 Å². The van der Waals surface area contributed by atoms with Gasteiger partial charge in [0.2, 0.25) is 0 Å². The molecule has 0 fully saturated rings. The third-order valence-corrected chi connectivity index (χ3v) is 1.70. The minimum atomic E-state index is -1.26. The topological polar surface area (TPSA) is 179 Å². The molecule has 0 aliphatic carbocycles. The molecule has 5 N–H and O–H groups in total. The molecule has 25 heavy (non-hydrogen) atoms. The number of carbonyl (C=O) groups is 4. The van der Waals surface area contributed by atoms with Crippen LogP contribution >= 0.6 is 0 Å². The highest BCUT2D eigenvalue weighted by Gasteiger charge is 2.07. The lowest BCUT2D eigenvalue weighted by Gasteiger charge is -2.07. The van der Waals surface area contributed by atoms with Gasteiger partial charge in [0.05, 0.1) is 6.61 Å². The Hall–Kier alpha value is -2.98. The SMILES string of the molecule is C=C(C)C(=O)O.C=C(C)C(=O)OCC(O)CO.O=C(O)C=CC(=O)O. The average Bonchev–Trinajstić information content (AvgIpc) is 2.51. The average molecular weight is 362 g/mol. The Morgan fingerprint density at radius 2 is 1.32 bits per heavy atom. The van der Waals surface area contributed by atoms with E-state index in [1.165, 1.54) is 13.8 Å². The smallest absolute Gasteiger partial charge is 0.333 e. The summed E-state index contributed by atoms with van der Waals surface area (Å²) < 4.78 is 4.51. The Morgan fingerprint density at radius 3 is 1.52 bits per heavy atom. The lowest BCUT2D eigenvalue weighted by Crippen LogP contribution is -2.22. The zero-order valence-corrected chi connectivity index (χ0v) is 13.8. The summed E-state index contributed by atoms with van der Waals surface area (Å²) >= 11 is 0. The van der Waals surface area contributed by atoms with E-state index >= 15 is 0 Å². The van der Waals surface area contributed by atoms with E-state index in [9.17, 15) is 19.2 Å². The monoisotopic (exact) mass is 362 g/mol. The number of aliphatic carboxylic acids is 3. The first-order chi connectivity index (χ1) is 11.3.